The summed E-state index contributed by atoms with van der Waals surface area (Å²) >= 11 is 0. The molecule has 0 aliphatic rings. The van der Waals surface area contributed by atoms with Gasteiger partial charge in [0.1, 0.15) is 0 Å². The average molecular weight is 229 g/mol. The van der Waals surface area contributed by atoms with Gasteiger partial charge in [-0.15, -0.1) is 0 Å². The van der Waals surface area contributed by atoms with E-state index in [9.17, 15) is 4.79 Å². The summed E-state index contributed by atoms with van der Waals surface area (Å²) in [4.78, 5) is 11.4. The van der Waals surface area contributed by atoms with Crippen LogP contribution in [-0.4, -0.2) is 17.7 Å². The highest BCUT2D eigenvalue weighted by molar-refractivity contribution is 5.68. The number of alkyl carbamates (subject to hydrolysis) is 1. The summed E-state index contributed by atoms with van der Waals surface area (Å²) in [6.07, 6.45) is 2.94. The van der Waals surface area contributed by atoms with E-state index in [2.05, 4.69) is 19.2 Å². The van der Waals surface area contributed by atoms with Crippen molar-refractivity contribution in [2.45, 2.75) is 72.4 Å². The number of hydrogen-bond acceptors (Lipinski definition) is 2. The third kappa shape index (κ3) is 8.57. The molecule has 0 aromatic heterocycles. The monoisotopic (exact) mass is 229 g/mol. The minimum absolute atomic E-state index is 0.0635. The van der Waals surface area contributed by atoms with Crippen molar-refractivity contribution in [1.29, 1.82) is 0 Å². The van der Waals surface area contributed by atoms with Gasteiger partial charge in [-0.05, 0) is 40.0 Å². The molecule has 3 heteroatoms. The molecule has 0 saturated heterocycles. The van der Waals surface area contributed by atoms with Gasteiger partial charge in [0.05, 0.1) is 6.10 Å². The first-order valence-electron chi connectivity index (χ1n) is 6.22. The van der Waals surface area contributed by atoms with E-state index in [4.69, 9.17) is 4.74 Å². The van der Waals surface area contributed by atoms with Crippen LogP contribution in [-0.2, 0) is 4.74 Å². The summed E-state index contributed by atoms with van der Waals surface area (Å²) in [7, 11) is 0. The lowest BCUT2D eigenvalue weighted by molar-refractivity contribution is 0.106. The maximum Gasteiger partial charge on any atom is 0.407 e. The van der Waals surface area contributed by atoms with Crippen LogP contribution in [0.3, 0.4) is 0 Å². The first-order valence-corrected chi connectivity index (χ1v) is 6.22. The van der Waals surface area contributed by atoms with Crippen molar-refractivity contribution in [1.82, 2.24) is 5.32 Å². The van der Waals surface area contributed by atoms with E-state index in [1.807, 2.05) is 27.7 Å². The maximum atomic E-state index is 11.4. The summed E-state index contributed by atoms with van der Waals surface area (Å²) in [5.74, 6) is 0.721. The molecule has 0 rings (SSSR count). The lowest BCUT2D eigenvalue weighted by Gasteiger charge is -2.26. The second kappa shape index (κ2) is 6.77. The highest BCUT2D eigenvalue weighted by Crippen LogP contribution is 2.16. The molecule has 0 aromatic rings. The van der Waals surface area contributed by atoms with Crippen LogP contribution in [0.25, 0.3) is 0 Å². The van der Waals surface area contributed by atoms with Gasteiger partial charge < -0.3 is 10.1 Å². The van der Waals surface area contributed by atoms with Gasteiger partial charge in [-0.2, -0.15) is 0 Å². The Morgan fingerprint density at radius 1 is 1.25 bits per heavy atom. The Kier molecular flexibility index (Phi) is 6.46. The highest BCUT2D eigenvalue weighted by Gasteiger charge is 2.21. The average Bonchev–Trinajstić information content (AvgIpc) is 1.98. The third-order valence-electron chi connectivity index (χ3n) is 2.37. The topological polar surface area (TPSA) is 38.3 Å². The Morgan fingerprint density at radius 2 is 1.81 bits per heavy atom. The Morgan fingerprint density at radius 3 is 2.25 bits per heavy atom. The van der Waals surface area contributed by atoms with Crippen LogP contribution >= 0.6 is 0 Å². The molecule has 0 radical (unpaired) electrons. The van der Waals surface area contributed by atoms with Crippen LogP contribution in [0.4, 0.5) is 4.79 Å². The molecule has 0 fully saturated rings. The molecular formula is C13H27NO2. The second-order valence-corrected chi connectivity index (χ2v) is 5.75. The number of carbonyl (C=O) groups is 1. The molecule has 0 heterocycles. The predicted molar refractivity (Wildman–Crippen MR) is 67.5 cm³/mol. The first-order chi connectivity index (χ1) is 7.23. The van der Waals surface area contributed by atoms with E-state index in [1.165, 1.54) is 6.42 Å². The molecule has 0 spiro atoms. The highest BCUT2D eigenvalue weighted by atomic mass is 16.6. The lowest BCUT2D eigenvalue weighted by atomic mass is 9.95. The van der Waals surface area contributed by atoms with Crippen LogP contribution < -0.4 is 5.32 Å². The zero-order valence-corrected chi connectivity index (χ0v) is 11.6. The predicted octanol–water partition coefficient (Wildman–Crippen LogP) is 3.73. The summed E-state index contributed by atoms with van der Waals surface area (Å²) in [5, 5.41) is 2.90. The standard InChI is InChI=1S/C13H27NO2/c1-10(2)8-7-9-13(5,6)14-12(15)16-11(3)4/h10-11H,7-9H2,1-6H3,(H,14,15). The fraction of sp³-hybridized carbons (Fsp3) is 0.923. The molecule has 0 atom stereocenters. The number of ether oxygens (including phenoxy) is 1. The summed E-state index contributed by atoms with van der Waals surface area (Å²) in [6, 6.07) is 0. The molecule has 1 N–H and O–H groups in total. The summed E-state index contributed by atoms with van der Waals surface area (Å²) < 4.78 is 5.06. The van der Waals surface area contributed by atoms with Crippen molar-refractivity contribution in [3.8, 4) is 0 Å². The molecule has 0 bridgehead atoms. The van der Waals surface area contributed by atoms with Gasteiger partial charge in [-0.3, -0.25) is 0 Å². The van der Waals surface area contributed by atoms with Gasteiger partial charge in [0.15, 0.2) is 0 Å². The van der Waals surface area contributed by atoms with E-state index in [0.29, 0.717) is 0 Å². The van der Waals surface area contributed by atoms with Crippen molar-refractivity contribution in [2.75, 3.05) is 0 Å². The fourth-order valence-electron chi connectivity index (χ4n) is 1.53. The van der Waals surface area contributed by atoms with Gasteiger partial charge in [0.2, 0.25) is 0 Å². The van der Waals surface area contributed by atoms with E-state index < -0.39 is 0 Å². The third-order valence-corrected chi connectivity index (χ3v) is 2.37. The van der Waals surface area contributed by atoms with Gasteiger partial charge in [0.25, 0.3) is 0 Å². The van der Waals surface area contributed by atoms with Crippen LogP contribution in [0.2, 0.25) is 0 Å². The Balaban J connectivity index is 3.89. The summed E-state index contributed by atoms with van der Waals surface area (Å²) in [6.45, 7) is 12.2. The number of rotatable bonds is 6. The minimum Gasteiger partial charge on any atom is -0.447 e. The molecule has 96 valence electrons. The number of nitrogens with one attached hydrogen (secondary N) is 1. The second-order valence-electron chi connectivity index (χ2n) is 5.75. The van der Waals surface area contributed by atoms with Gasteiger partial charge in [0, 0.05) is 5.54 Å². The van der Waals surface area contributed by atoms with Gasteiger partial charge >= 0.3 is 6.09 Å². The molecule has 0 aliphatic heterocycles. The normalized spacial score (nSPS) is 12.0. The number of carbonyl (C=O) groups excluding carboxylic acids is 1. The van der Waals surface area contributed by atoms with Crippen molar-refractivity contribution < 1.29 is 9.53 Å². The molecular weight excluding hydrogens is 202 g/mol. The van der Waals surface area contributed by atoms with Crippen LogP contribution in [0, 0.1) is 5.92 Å². The smallest absolute Gasteiger partial charge is 0.407 e. The Bertz CT molecular complexity index is 210. The van der Waals surface area contributed by atoms with E-state index in [1.54, 1.807) is 0 Å². The number of amides is 1. The molecule has 0 aromatic carbocycles. The Labute approximate surface area is 99.9 Å². The van der Waals surface area contributed by atoms with Crippen LogP contribution in [0.15, 0.2) is 0 Å². The Hall–Kier alpha value is -0.730. The largest absolute Gasteiger partial charge is 0.447 e. The minimum atomic E-state index is -0.315. The SMILES string of the molecule is CC(C)CCCC(C)(C)NC(=O)OC(C)C. The van der Waals surface area contributed by atoms with Crippen molar-refractivity contribution in [3.63, 3.8) is 0 Å². The zero-order chi connectivity index (χ0) is 12.8. The van der Waals surface area contributed by atoms with Crippen molar-refractivity contribution >= 4 is 6.09 Å². The van der Waals surface area contributed by atoms with Gasteiger partial charge in [-0.1, -0.05) is 26.7 Å². The van der Waals surface area contributed by atoms with Crippen LogP contribution in [0.5, 0.6) is 0 Å². The zero-order valence-electron chi connectivity index (χ0n) is 11.6. The molecule has 16 heavy (non-hydrogen) atoms. The lowest BCUT2D eigenvalue weighted by Crippen LogP contribution is -2.44. The molecule has 0 saturated carbocycles. The molecule has 1 amide bonds. The fourth-order valence-corrected chi connectivity index (χ4v) is 1.53. The van der Waals surface area contributed by atoms with E-state index >= 15 is 0 Å². The molecule has 0 aliphatic carbocycles. The van der Waals surface area contributed by atoms with E-state index in [-0.39, 0.29) is 17.7 Å². The van der Waals surface area contributed by atoms with Gasteiger partial charge in [-0.25, -0.2) is 4.79 Å². The molecule has 3 nitrogen and oxygen atoms in total. The quantitative estimate of drug-likeness (QED) is 0.753. The van der Waals surface area contributed by atoms with Crippen LogP contribution in [0.1, 0.15) is 60.8 Å². The summed E-state index contributed by atoms with van der Waals surface area (Å²) in [5.41, 5.74) is -0.180. The maximum absolute atomic E-state index is 11.4. The molecule has 0 unspecified atom stereocenters. The van der Waals surface area contributed by atoms with E-state index in [0.717, 1.165) is 18.8 Å². The number of hydrogen-bond donors (Lipinski definition) is 1. The first kappa shape index (κ1) is 15.3. The van der Waals surface area contributed by atoms with Crippen molar-refractivity contribution in [2.24, 2.45) is 5.92 Å². The van der Waals surface area contributed by atoms with Crippen molar-refractivity contribution in [3.05, 3.63) is 0 Å².